The molecule has 0 spiro atoms. The highest BCUT2D eigenvalue weighted by Gasteiger charge is 1.76. The number of rotatable bonds is 0. The van der Waals surface area contributed by atoms with E-state index in [0.29, 0.717) is 0 Å². The summed E-state index contributed by atoms with van der Waals surface area (Å²) in [5, 5.41) is 0. The Morgan fingerprint density at radius 1 is 0.438 bits per heavy atom. The lowest BCUT2D eigenvalue weighted by molar-refractivity contribution is 1.72. The standard InChI is InChI=1S/C16H16/c1-16-14-12-10-8-6-4-2-3-5-7-9-11-13-15-16/h2-15H,1H2/b3-2?,6-4?,7-5?,10-8-,11-9?,14-12?,15-13?. The van der Waals surface area contributed by atoms with Crippen LogP contribution < -0.4 is 0 Å². The molecule has 0 heteroatoms. The Kier molecular flexibility index (Phi) is 6.18. The van der Waals surface area contributed by atoms with E-state index in [1.807, 2.05) is 85.1 Å². The Bertz CT molecular complexity index is 369. The molecular weight excluding hydrogens is 192 g/mol. The Morgan fingerprint density at radius 3 is 1.00 bits per heavy atom. The molecule has 0 aliphatic heterocycles. The molecule has 0 fully saturated rings. The van der Waals surface area contributed by atoms with Crippen molar-refractivity contribution >= 4 is 0 Å². The molecule has 0 aromatic carbocycles. The third-order valence-corrected chi connectivity index (χ3v) is 1.84. The van der Waals surface area contributed by atoms with E-state index in [4.69, 9.17) is 0 Å². The first kappa shape index (κ1) is 12.0. The van der Waals surface area contributed by atoms with Gasteiger partial charge in [0.05, 0.1) is 0 Å². The largest absolute Gasteiger partial charge is 0.0918 e. The first-order chi connectivity index (χ1) is 7.89. The second-order valence-electron chi connectivity index (χ2n) is 3.22. The van der Waals surface area contributed by atoms with Gasteiger partial charge >= 0.3 is 0 Å². The number of hydrogen-bond donors (Lipinski definition) is 0. The summed E-state index contributed by atoms with van der Waals surface area (Å²) in [6, 6.07) is 0. The Balaban J connectivity index is 2.76. The lowest BCUT2D eigenvalue weighted by Crippen LogP contribution is -1.64. The van der Waals surface area contributed by atoms with E-state index in [2.05, 4.69) is 6.58 Å². The smallest absolute Gasteiger partial charge is 0.0329 e. The van der Waals surface area contributed by atoms with Crippen LogP contribution in [0.15, 0.2) is 97.2 Å². The molecule has 1 aliphatic carbocycles. The summed E-state index contributed by atoms with van der Waals surface area (Å²) < 4.78 is 0. The van der Waals surface area contributed by atoms with E-state index >= 15 is 0 Å². The maximum atomic E-state index is 3.91. The van der Waals surface area contributed by atoms with Crippen LogP contribution in [0.2, 0.25) is 0 Å². The van der Waals surface area contributed by atoms with Gasteiger partial charge in [-0.1, -0.05) is 91.6 Å². The second kappa shape index (κ2) is 8.25. The van der Waals surface area contributed by atoms with Gasteiger partial charge in [0.25, 0.3) is 0 Å². The summed E-state index contributed by atoms with van der Waals surface area (Å²) >= 11 is 0. The molecule has 16 heavy (non-hydrogen) atoms. The summed E-state index contributed by atoms with van der Waals surface area (Å²) in [7, 11) is 0. The van der Waals surface area contributed by atoms with Gasteiger partial charge in [-0.25, -0.2) is 0 Å². The van der Waals surface area contributed by atoms with Gasteiger partial charge in [0, 0.05) is 0 Å². The summed E-state index contributed by atoms with van der Waals surface area (Å²) in [4.78, 5) is 0. The van der Waals surface area contributed by atoms with Gasteiger partial charge in [-0.2, -0.15) is 0 Å². The molecule has 0 aromatic rings. The highest BCUT2D eigenvalue weighted by Crippen LogP contribution is 1.96. The zero-order valence-corrected chi connectivity index (χ0v) is 9.29. The van der Waals surface area contributed by atoms with Crippen LogP contribution in [0.3, 0.4) is 0 Å². The van der Waals surface area contributed by atoms with Gasteiger partial charge < -0.3 is 0 Å². The SMILES string of the molecule is C=C1C=CC=CC=CC=CC=C/C=C\C=C1. The van der Waals surface area contributed by atoms with Crippen molar-refractivity contribution in [3.63, 3.8) is 0 Å². The van der Waals surface area contributed by atoms with Crippen LogP contribution in [-0.2, 0) is 0 Å². The molecule has 0 amide bonds. The fourth-order valence-electron chi connectivity index (χ4n) is 1.06. The number of hydrogen-bond acceptors (Lipinski definition) is 0. The maximum absolute atomic E-state index is 3.91. The van der Waals surface area contributed by atoms with Gasteiger partial charge in [-0.15, -0.1) is 0 Å². The highest BCUT2D eigenvalue weighted by molar-refractivity contribution is 5.32. The van der Waals surface area contributed by atoms with Gasteiger partial charge in [-0.3, -0.25) is 0 Å². The molecule has 0 bridgehead atoms. The monoisotopic (exact) mass is 208 g/mol. The second-order valence-corrected chi connectivity index (χ2v) is 3.22. The summed E-state index contributed by atoms with van der Waals surface area (Å²) in [6.45, 7) is 3.91. The molecule has 0 unspecified atom stereocenters. The average Bonchev–Trinajstić information content (AvgIpc) is 2.29. The van der Waals surface area contributed by atoms with Crippen molar-refractivity contribution in [1.29, 1.82) is 0 Å². The molecule has 0 heterocycles. The third-order valence-electron chi connectivity index (χ3n) is 1.84. The molecule has 80 valence electrons. The van der Waals surface area contributed by atoms with Crippen LogP contribution in [0.25, 0.3) is 0 Å². The van der Waals surface area contributed by atoms with Crippen molar-refractivity contribution < 1.29 is 0 Å². The molecule has 0 aromatic heterocycles. The van der Waals surface area contributed by atoms with Crippen molar-refractivity contribution in [2.45, 2.75) is 0 Å². The van der Waals surface area contributed by atoms with E-state index in [0.717, 1.165) is 5.57 Å². The van der Waals surface area contributed by atoms with E-state index < -0.39 is 0 Å². The predicted octanol–water partition coefficient (Wildman–Crippen LogP) is 4.45. The van der Waals surface area contributed by atoms with Crippen LogP contribution in [0, 0.1) is 0 Å². The van der Waals surface area contributed by atoms with Crippen molar-refractivity contribution in [2.24, 2.45) is 0 Å². The zero-order valence-electron chi connectivity index (χ0n) is 9.29. The molecule has 0 saturated carbocycles. The normalized spacial score (nSPS) is 18.4. The first-order valence-corrected chi connectivity index (χ1v) is 5.26. The van der Waals surface area contributed by atoms with E-state index in [9.17, 15) is 0 Å². The van der Waals surface area contributed by atoms with E-state index in [-0.39, 0.29) is 0 Å². The maximum Gasteiger partial charge on any atom is -0.0329 e. The summed E-state index contributed by atoms with van der Waals surface area (Å²) in [5.74, 6) is 0. The lowest BCUT2D eigenvalue weighted by Gasteiger charge is -1.85. The Labute approximate surface area is 97.7 Å². The van der Waals surface area contributed by atoms with Gasteiger partial charge in [0.15, 0.2) is 0 Å². The predicted molar refractivity (Wildman–Crippen MR) is 73.1 cm³/mol. The summed E-state index contributed by atoms with van der Waals surface area (Å²) in [5.41, 5.74) is 0.982. The molecular formula is C16H16. The van der Waals surface area contributed by atoms with E-state index in [1.165, 1.54) is 0 Å². The highest BCUT2D eigenvalue weighted by atomic mass is 13.8. The zero-order chi connectivity index (χ0) is 11.5. The summed E-state index contributed by atoms with van der Waals surface area (Å²) in [6.07, 6.45) is 27.8. The molecule has 0 radical (unpaired) electrons. The molecule has 0 saturated heterocycles. The van der Waals surface area contributed by atoms with Crippen LogP contribution in [0.4, 0.5) is 0 Å². The lowest BCUT2D eigenvalue weighted by atomic mass is 10.2. The third kappa shape index (κ3) is 6.39. The minimum atomic E-state index is 0.982. The minimum Gasteiger partial charge on any atom is -0.0918 e. The molecule has 1 rings (SSSR count). The van der Waals surface area contributed by atoms with Crippen molar-refractivity contribution in [2.75, 3.05) is 0 Å². The van der Waals surface area contributed by atoms with Gasteiger partial charge in [-0.05, 0) is 5.57 Å². The van der Waals surface area contributed by atoms with Gasteiger partial charge in [0.1, 0.15) is 0 Å². The van der Waals surface area contributed by atoms with Crippen LogP contribution >= 0.6 is 0 Å². The van der Waals surface area contributed by atoms with Crippen LogP contribution in [0.5, 0.6) is 0 Å². The van der Waals surface area contributed by atoms with Crippen molar-refractivity contribution in [3.05, 3.63) is 97.2 Å². The Morgan fingerprint density at radius 2 is 0.688 bits per heavy atom. The fourth-order valence-corrected chi connectivity index (χ4v) is 1.06. The molecule has 0 nitrogen and oxygen atoms in total. The number of allylic oxidation sites excluding steroid dienone is 15. The van der Waals surface area contributed by atoms with Crippen molar-refractivity contribution in [1.82, 2.24) is 0 Å². The van der Waals surface area contributed by atoms with Gasteiger partial charge in [0.2, 0.25) is 0 Å². The van der Waals surface area contributed by atoms with Crippen molar-refractivity contribution in [3.8, 4) is 0 Å². The molecule has 0 atom stereocenters. The average molecular weight is 208 g/mol. The topological polar surface area (TPSA) is 0 Å². The fraction of sp³-hybridized carbons (Fsp3) is 0. The van der Waals surface area contributed by atoms with E-state index in [1.54, 1.807) is 0 Å². The quantitative estimate of drug-likeness (QED) is 0.551. The first-order valence-electron chi connectivity index (χ1n) is 5.26. The van der Waals surface area contributed by atoms with Crippen LogP contribution in [-0.4, -0.2) is 0 Å². The molecule has 0 N–H and O–H groups in total. The molecule has 1 aliphatic rings. The minimum absolute atomic E-state index is 0.982. The Hall–Kier alpha value is -2.08. The van der Waals surface area contributed by atoms with Crippen LogP contribution in [0.1, 0.15) is 0 Å².